The summed E-state index contributed by atoms with van der Waals surface area (Å²) in [7, 11) is 0. The number of aliphatic hydroxyl groups is 1. The molecule has 0 atom stereocenters. The van der Waals surface area contributed by atoms with Gasteiger partial charge in [-0.1, -0.05) is 25.5 Å². The van der Waals surface area contributed by atoms with Gasteiger partial charge in [0, 0.05) is 11.8 Å². The fourth-order valence-electron chi connectivity index (χ4n) is 2.65. The van der Waals surface area contributed by atoms with Crippen molar-refractivity contribution in [2.24, 2.45) is 0 Å². The number of nitrogens with one attached hydrogen (secondary N) is 2. The molecule has 1 saturated carbocycles. The van der Waals surface area contributed by atoms with Crippen molar-refractivity contribution in [1.82, 2.24) is 5.32 Å². The zero-order valence-electron chi connectivity index (χ0n) is 13.0. The monoisotopic (exact) mass is 304 g/mol. The second-order valence-corrected chi connectivity index (χ2v) is 6.00. The van der Waals surface area contributed by atoms with Gasteiger partial charge >= 0.3 is 6.03 Å². The number of ether oxygens (including phenoxy) is 1. The maximum atomic E-state index is 12.1. The van der Waals surface area contributed by atoms with Crippen LogP contribution < -0.4 is 15.4 Å². The Kier molecular flexibility index (Phi) is 5.44. The summed E-state index contributed by atoms with van der Waals surface area (Å²) in [5.41, 5.74) is 1.11. The molecule has 0 unspecified atom stereocenters. The molecular weight excluding hydrogens is 280 g/mol. The lowest BCUT2D eigenvalue weighted by Crippen LogP contribution is -2.50. The summed E-state index contributed by atoms with van der Waals surface area (Å²) >= 11 is 0. The molecule has 0 bridgehead atoms. The van der Waals surface area contributed by atoms with Crippen LogP contribution in [0.25, 0.3) is 0 Å². The summed E-state index contributed by atoms with van der Waals surface area (Å²) in [6.07, 6.45) is 3.70. The van der Waals surface area contributed by atoms with Gasteiger partial charge < -0.3 is 20.5 Å². The lowest BCUT2D eigenvalue weighted by molar-refractivity contribution is 0.167. The Bertz CT molecular complexity index is 536. The van der Waals surface area contributed by atoms with E-state index in [2.05, 4.69) is 17.2 Å². The third kappa shape index (κ3) is 4.49. The van der Waals surface area contributed by atoms with Crippen molar-refractivity contribution >= 4 is 11.7 Å². The largest absolute Gasteiger partial charge is 0.489 e. The zero-order chi connectivity index (χ0) is 16.0. The van der Waals surface area contributed by atoms with Gasteiger partial charge in [0.15, 0.2) is 0 Å². The Hall–Kier alpha value is -2.01. The summed E-state index contributed by atoms with van der Waals surface area (Å²) in [6.45, 7) is 6.10. The van der Waals surface area contributed by atoms with E-state index in [0.29, 0.717) is 18.0 Å². The molecule has 0 spiro atoms. The molecule has 0 aliphatic heterocycles. The Morgan fingerprint density at radius 1 is 1.41 bits per heavy atom. The minimum absolute atomic E-state index is 0.0256. The topological polar surface area (TPSA) is 70.6 Å². The van der Waals surface area contributed by atoms with Crippen molar-refractivity contribution < 1.29 is 14.6 Å². The molecule has 1 fully saturated rings. The van der Waals surface area contributed by atoms with Crippen LogP contribution >= 0.6 is 0 Å². The van der Waals surface area contributed by atoms with E-state index in [1.807, 2.05) is 19.1 Å². The van der Waals surface area contributed by atoms with Crippen LogP contribution in [-0.2, 0) is 0 Å². The van der Waals surface area contributed by atoms with E-state index in [1.165, 1.54) is 0 Å². The molecule has 0 aromatic heterocycles. The van der Waals surface area contributed by atoms with Crippen molar-refractivity contribution in [3.05, 3.63) is 36.4 Å². The number of hydrogen-bond donors (Lipinski definition) is 3. The van der Waals surface area contributed by atoms with E-state index >= 15 is 0 Å². The summed E-state index contributed by atoms with van der Waals surface area (Å²) in [6, 6.07) is 6.92. The Labute approximate surface area is 131 Å². The Morgan fingerprint density at radius 2 is 2.14 bits per heavy atom. The van der Waals surface area contributed by atoms with Gasteiger partial charge in [-0.25, -0.2) is 4.79 Å². The number of amides is 2. The summed E-state index contributed by atoms with van der Waals surface area (Å²) < 4.78 is 5.55. The first kappa shape index (κ1) is 16.4. The number of hydrogen-bond acceptors (Lipinski definition) is 3. The number of aliphatic hydroxyl groups excluding tert-OH is 1. The van der Waals surface area contributed by atoms with Gasteiger partial charge in [0.2, 0.25) is 0 Å². The lowest BCUT2D eigenvalue weighted by atomic mass is 9.99. The maximum Gasteiger partial charge on any atom is 0.319 e. The fourth-order valence-corrected chi connectivity index (χ4v) is 2.65. The molecule has 22 heavy (non-hydrogen) atoms. The number of benzene rings is 1. The molecule has 1 aliphatic carbocycles. The predicted octanol–water partition coefficient (Wildman–Crippen LogP) is 3.07. The highest BCUT2D eigenvalue weighted by Crippen LogP contribution is 2.29. The normalized spacial score (nSPS) is 16.1. The molecule has 1 aliphatic rings. The van der Waals surface area contributed by atoms with Crippen LogP contribution in [-0.4, -0.2) is 29.9 Å². The first-order valence-corrected chi connectivity index (χ1v) is 7.60. The molecule has 1 aromatic carbocycles. The van der Waals surface area contributed by atoms with E-state index < -0.39 is 5.54 Å². The van der Waals surface area contributed by atoms with Gasteiger partial charge in [-0.3, -0.25) is 0 Å². The van der Waals surface area contributed by atoms with E-state index in [9.17, 15) is 9.90 Å². The standard InChI is InChI=1S/C17H24N2O3/c1-13(2)11-22-15-7-5-6-14(10-15)18-16(21)19-17(12-20)8-3-4-9-17/h5-7,10,20H,1,3-4,8-9,11-12H2,2H3,(H2,18,19,21). The van der Waals surface area contributed by atoms with Crippen LogP contribution in [0.2, 0.25) is 0 Å². The number of carbonyl (C=O) groups excluding carboxylic acids is 1. The van der Waals surface area contributed by atoms with Crippen LogP contribution in [0.15, 0.2) is 36.4 Å². The third-order valence-electron chi connectivity index (χ3n) is 3.82. The molecule has 0 saturated heterocycles. The van der Waals surface area contributed by atoms with Gasteiger partial charge in [-0.05, 0) is 37.5 Å². The van der Waals surface area contributed by atoms with Gasteiger partial charge in [-0.2, -0.15) is 0 Å². The lowest BCUT2D eigenvalue weighted by Gasteiger charge is -2.28. The van der Waals surface area contributed by atoms with Gasteiger partial charge in [-0.15, -0.1) is 0 Å². The predicted molar refractivity (Wildman–Crippen MR) is 87.2 cm³/mol. The first-order valence-electron chi connectivity index (χ1n) is 7.60. The van der Waals surface area contributed by atoms with Gasteiger partial charge in [0.1, 0.15) is 12.4 Å². The molecular formula is C17H24N2O3. The van der Waals surface area contributed by atoms with E-state index in [1.54, 1.807) is 12.1 Å². The van der Waals surface area contributed by atoms with Crippen molar-refractivity contribution in [2.75, 3.05) is 18.5 Å². The highest BCUT2D eigenvalue weighted by Gasteiger charge is 2.34. The number of urea groups is 1. The molecule has 5 nitrogen and oxygen atoms in total. The van der Waals surface area contributed by atoms with Crippen LogP contribution in [0.1, 0.15) is 32.6 Å². The molecule has 2 rings (SSSR count). The summed E-state index contributed by atoms with van der Waals surface area (Å²) in [4.78, 5) is 12.1. The van der Waals surface area contributed by atoms with E-state index in [0.717, 1.165) is 31.3 Å². The zero-order valence-corrected chi connectivity index (χ0v) is 13.0. The fraction of sp³-hybridized carbons (Fsp3) is 0.471. The maximum absolute atomic E-state index is 12.1. The van der Waals surface area contributed by atoms with Crippen molar-refractivity contribution in [2.45, 2.75) is 38.1 Å². The molecule has 0 heterocycles. The second kappa shape index (κ2) is 7.31. The summed E-state index contributed by atoms with van der Waals surface area (Å²) in [5, 5.41) is 15.2. The molecule has 0 radical (unpaired) electrons. The molecule has 3 N–H and O–H groups in total. The van der Waals surface area contributed by atoms with E-state index in [4.69, 9.17) is 4.74 Å². The molecule has 1 aromatic rings. The average Bonchev–Trinajstić information content (AvgIpc) is 2.94. The SMILES string of the molecule is C=C(C)COc1cccc(NC(=O)NC2(CO)CCCC2)c1. The quantitative estimate of drug-likeness (QED) is 0.707. The molecule has 2 amide bonds. The highest BCUT2D eigenvalue weighted by atomic mass is 16.5. The highest BCUT2D eigenvalue weighted by molar-refractivity contribution is 5.90. The van der Waals surface area contributed by atoms with Crippen LogP contribution in [0.5, 0.6) is 5.75 Å². The van der Waals surface area contributed by atoms with Gasteiger partial charge in [0.05, 0.1) is 12.1 Å². The number of anilines is 1. The third-order valence-corrected chi connectivity index (χ3v) is 3.82. The minimum atomic E-state index is -0.474. The number of rotatable bonds is 6. The Morgan fingerprint density at radius 3 is 2.77 bits per heavy atom. The molecule has 120 valence electrons. The second-order valence-electron chi connectivity index (χ2n) is 6.00. The first-order chi connectivity index (χ1) is 10.5. The van der Waals surface area contributed by atoms with Crippen LogP contribution in [0, 0.1) is 0 Å². The molecule has 5 heteroatoms. The van der Waals surface area contributed by atoms with Crippen molar-refractivity contribution in [3.63, 3.8) is 0 Å². The smallest absolute Gasteiger partial charge is 0.319 e. The van der Waals surface area contributed by atoms with Crippen molar-refractivity contribution in [1.29, 1.82) is 0 Å². The Balaban J connectivity index is 1.93. The summed E-state index contributed by atoms with van der Waals surface area (Å²) in [5.74, 6) is 0.679. The minimum Gasteiger partial charge on any atom is -0.489 e. The van der Waals surface area contributed by atoms with Crippen molar-refractivity contribution in [3.8, 4) is 5.75 Å². The average molecular weight is 304 g/mol. The van der Waals surface area contributed by atoms with E-state index in [-0.39, 0.29) is 12.6 Å². The number of carbonyl (C=O) groups is 1. The van der Waals surface area contributed by atoms with Crippen LogP contribution in [0.4, 0.5) is 10.5 Å². The van der Waals surface area contributed by atoms with Crippen LogP contribution in [0.3, 0.4) is 0 Å². The van der Waals surface area contributed by atoms with Gasteiger partial charge in [0.25, 0.3) is 0 Å².